The van der Waals surface area contributed by atoms with Gasteiger partial charge in [0.1, 0.15) is 0 Å². The summed E-state index contributed by atoms with van der Waals surface area (Å²) in [5, 5.41) is 5.97. The molecule has 2 rings (SSSR count). The van der Waals surface area contributed by atoms with Crippen LogP contribution in [0.5, 0.6) is 0 Å². The van der Waals surface area contributed by atoms with Crippen LogP contribution in [-0.2, 0) is 5.41 Å². The molecule has 0 aromatic carbocycles. The van der Waals surface area contributed by atoms with Crippen LogP contribution in [0.2, 0.25) is 0 Å². The summed E-state index contributed by atoms with van der Waals surface area (Å²) in [7, 11) is 0. The second-order valence-corrected chi connectivity index (χ2v) is 9.80. The molecule has 0 radical (unpaired) electrons. The summed E-state index contributed by atoms with van der Waals surface area (Å²) >= 11 is 4.02. The number of nitrogens with one attached hydrogen (secondary N) is 1. The fraction of sp³-hybridized carbons (Fsp3) is 0.824. The molecule has 1 N–H and O–H groups in total. The molecule has 1 fully saturated rings. The molecule has 0 bridgehead atoms. The van der Waals surface area contributed by atoms with Gasteiger partial charge in [0.15, 0.2) is 0 Å². The highest BCUT2D eigenvalue weighted by Crippen LogP contribution is 2.35. The lowest BCUT2D eigenvalue weighted by atomic mass is 9.98. The standard InChI is InChI=1S/C17H30N2S2/c1-7-20-14-9-8-13(10-14)18-11(2)15-12(3)19-16(21-15)17(4,5)6/h11,13-14,18H,7-10H2,1-6H3. The Balaban J connectivity index is 1.98. The number of thiazole rings is 1. The quantitative estimate of drug-likeness (QED) is 0.817. The Morgan fingerprint density at radius 3 is 2.67 bits per heavy atom. The number of rotatable bonds is 5. The van der Waals surface area contributed by atoms with Crippen LogP contribution in [0.15, 0.2) is 0 Å². The minimum absolute atomic E-state index is 0.156. The van der Waals surface area contributed by atoms with Gasteiger partial charge < -0.3 is 5.32 Å². The summed E-state index contributed by atoms with van der Waals surface area (Å²) in [6.45, 7) is 13.5. The van der Waals surface area contributed by atoms with Crippen molar-refractivity contribution >= 4 is 23.1 Å². The van der Waals surface area contributed by atoms with E-state index in [9.17, 15) is 0 Å². The zero-order valence-corrected chi connectivity index (χ0v) is 16.0. The highest BCUT2D eigenvalue weighted by Gasteiger charge is 2.27. The molecule has 1 aliphatic rings. The average Bonchev–Trinajstić information content (AvgIpc) is 2.96. The summed E-state index contributed by atoms with van der Waals surface area (Å²) in [6.07, 6.45) is 4.02. The Morgan fingerprint density at radius 2 is 2.10 bits per heavy atom. The van der Waals surface area contributed by atoms with Crippen LogP contribution in [0.1, 0.15) is 75.5 Å². The highest BCUT2D eigenvalue weighted by atomic mass is 32.2. The first kappa shape index (κ1) is 17.3. The normalized spacial score (nSPS) is 24.5. The molecular weight excluding hydrogens is 296 g/mol. The van der Waals surface area contributed by atoms with Crippen LogP contribution in [0.4, 0.5) is 0 Å². The Hall–Kier alpha value is -0.0600. The zero-order valence-electron chi connectivity index (χ0n) is 14.3. The molecule has 0 amide bonds. The largest absolute Gasteiger partial charge is 0.307 e. The summed E-state index contributed by atoms with van der Waals surface area (Å²) in [6, 6.07) is 1.11. The first-order valence-corrected chi connectivity index (χ1v) is 10.0. The molecule has 2 nitrogen and oxygen atoms in total. The van der Waals surface area contributed by atoms with Crippen LogP contribution in [0.3, 0.4) is 0 Å². The number of thioether (sulfide) groups is 1. The lowest BCUT2D eigenvalue weighted by molar-refractivity contribution is 0.465. The average molecular weight is 327 g/mol. The monoisotopic (exact) mass is 326 g/mol. The van der Waals surface area contributed by atoms with E-state index in [0.717, 1.165) is 5.25 Å². The third-order valence-electron chi connectivity index (χ3n) is 4.14. The van der Waals surface area contributed by atoms with Crippen molar-refractivity contribution in [3.8, 4) is 0 Å². The van der Waals surface area contributed by atoms with Gasteiger partial charge in [-0.25, -0.2) is 4.98 Å². The van der Waals surface area contributed by atoms with E-state index in [2.05, 4.69) is 58.6 Å². The molecule has 1 aromatic heterocycles. The molecule has 4 heteroatoms. The van der Waals surface area contributed by atoms with Crippen molar-refractivity contribution in [2.24, 2.45) is 0 Å². The van der Waals surface area contributed by atoms with E-state index in [1.165, 1.54) is 40.6 Å². The lowest BCUT2D eigenvalue weighted by Gasteiger charge is -2.19. The lowest BCUT2D eigenvalue weighted by Crippen LogP contribution is -2.29. The molecule has 1 heterocycles. The molecule has 0 aliphatic heterocycles. The number of aryl methyl sites for hydroxylation is 1. The Kier molecular flexibility index (Phi) is 5.77. The third kappa shape index (κ3) is 4.46. The van der Waals surface area contributed by atoms with Gasteiger partial charge in [0, 0.05) is 27.6 Å². The third-order valence-corrected chi connectivity index (χ3v) is 7.14. The zero-order chi connectivity index (χ0) is 15.6. The van der Waals surface area contributed by atoms with Crippen LogP contribution >= 0.6 is 23.1 Å². The maximum absolute atomic E-state index is 4.80. The molecule has 0 spiro atoms. The molecule has 21 heavy (non-hydrogen) atoms. The van der Waals surface area contributed by atoms with Gasteiger partial charge in [-0.15, -0.1) is 11.3 Å². The van der Waals surface area contributed by atoms with Gasteiger partial charge in [0.25, 0.3) is 0 Å². The van der Waals surface area contributed by atoms with Crippen LogP contribution in [0, 0.1) is 6.92 Å². The maximum atomic E-state index is 4.80. The van der Waals surface area contributed by atoms with Gasteiger partial charge >= 0.3 is 0 Å². The topological polar surface area (TPSA) is 24.9 Å². The molecule has 1 aromatic rings. The van der Waals surface area contributed by atoms with Crippen LogP contribution in [0.25, 0.3) is 0 Å². The van der Waals surface area contributed by atoms with Crippen molar-refractivity contribution in [3.05, 3.63) is 15.6 Å². The second kappa shape index (κ2) is 7.01. The van der Waals surface area contributed by atoms with Crippen LogP contribution < -0.4 is 5.32 Å². The molecule has 1 aliphatic carbocycles. The Labute approximate surface area is 138 Å². The first-order chi connectivity index (χ1) is 9.81. The Bertz CT molecular complexity index is 462. The van der Waals surface area contributed by atoms with E-state index in [1.807, 2.05) is 11.3 Å². The first-order valence-electron chi connectivity index (χ1n) is 8.16. The van der Waals surface area contributed by atoms with Crippen molar-refractivity contribution in [1.82, 2.24) is 10.3 Å². The number of hydrogen-bond acceptors (Lipinski definition) is 4. The summed E-state index contributed by atoms with van der Waals surface area (Å²) in [5.74, 6) is 1.25. The number of aromatic nitrogens is 1. The molecular formula is C17H30N2S2. The van der Waals surface area contributed by atoms with Gasteiger partial charge in [-0.2, -0.15) is 11.8 Å². The smallest absolute Gasteiger partial charge is 0.0985 e. The van der Waals surface area contributed by atoms with E-state index in [4.69, 9.17) is 4.98 Å². The van der Waals surface area contributed by atoms with E-state index in [-0.39, 0.29) is 5.41 Å². The summed E-state index contributed by atoms with van der Waals surface area (Å²) in [5.41, 5.74) is 1.37. The van der Waals surface area contributed by atoms with Crippen LogP contribution in [-0.4, -0.2) is 22.0 Å². The minimum Gasteiger partial charge on any atom is -0.307 e. The van der Waals surface area contributed by atoms with Gasteiger partial charge in [0.2, 0.25) is 0 Å². The SMILES string of the molecule is CCSC1CCC(NC(C)c2sc(C(C)(C)C)nc2C)C1. The van der Waals surface area contributed by atoms with Gasteiger partial charge in [-0.1, -0.05) is 27.7 Å². The predicted molar refractivity (Wildman–Crippen MR) is 96.7 cm³/mol. The summed E-state index contributed by atoms with van der Waals surface area (Å²) in [4.78, 5) is 6.22. The van der Waals surface area contributed by atoms with Gasteiger partial charge in [-0.3, -0.25) is 0 Å². The van der Waals surface area contributed by atoms with E-state index < -0.39 is 0 Å². The maximum Gasteiger partial charge on any atom is 0.0985 e. The molecule has 3 unspecified atom stereocenters. The fourth-order valence-corrected chi connectivity index (χ4v) is 5.32. The minimum atomic E-state index is 0.156. The summed E-state index contributed by atoms with van der Waals surface area (Å²) < 4.78 is 0. The van der Waals surface area contributed by atoms with E-state index in [1.54, 1.807) is 0 Å². The fourth-order valence-electron chi connectivity index (χ4n) is 3.04. The highest BCUT2D eigenvalue weighted by molar-refractivity contribution is 7.99. The van der Waals surface area contributed by atoms with Crippen molar-refractivity contribution in [2.45, 2.75) is 83.6 Å². The molecule has 120 valence electrons. The van der Waals surface area contributed by atoms with E-state index in [0.29, 0.717) is 12.1 Å². The number of hydrogen-bond donors (Lipinski definition) is 1. The molecule has 3 atom stereocenters. The molecule has 1 saturated carbocycles. The number of nitrogens with zero attached hydrogens (tertiary/aromatic N) is 1. The molecule has 0 saturated heterocycles. The van der Waals surface area contributed by atoms with Crippen molar-refractivity contribution in [3.63, 3.8) is 0 Å². The predicted octanol–water partition coefficient (Wildman–Crippen LogP) is 5.07. The van der Waals surface area contributed by atoms with Crippen molar-refractivity contribution in [2.75, 3.05) is 5.75 Å². The second-order valence-electron chi connectivity index (χ2n) is 7.19. The van der Waals surface area contributed by atoms with E-state index >= 15 is 0 Å². The Morgan fingerprint density at radius 1 is 1.38 bits per heavy atom. The van der Waals surface area contributed by atoms with Gasteiger partial charge in [0.05, 0.1) is 10.7 Å². The van der Waals surface area contributed by atoms with Crippen molar-refractivity contribution < 1.29 is 0 Å². The van der Waals surface area contributed by atoms with Crippen molar-refractivity contribution in [1.29, 1.82) is 0 Å². The van der Waals surface area contributed by atoms with Gasteiger partial charge in [-0.05, 0) is 38.9 Å².